The average molecular weight is 265 g/mol. The van der Waals surface area contributed by atoms with Crippen molar-refractivity contribution in [3.63, 3.8) is 0 Å². The Morgan fingerprint density at radius 3 is 3.00 bits per heavy atom. The molecule has 9 nitrogen and oxygen atoms in total. The van der Waals surface area contributed by atoms with Crippen LogP contribution in [0.15, 0.2) is 10.7 Å². The molecule has 102 valence electrons. The third kappa shape index (κ3) is 2.78. The Labute approximate surface area is 109 Å². The lowest BCUT2D eigenvalue weighted by Crippen LogP contribution is -2.40. The second-order valence-electron chi connectivity index (χ2n) is 4.33. The van der Waals surface area contributed by atoms with Gasteiger partial charge in [-0.2, -0.15) is 20.4 Å². The number of hydrogen-bond donors (Lipinski definition) is 2. The van der Waals surface area contributed by atoms with Crippen molar-refractivity contribution < 1.29 is 9.26 Å². The van der Waals surface area contributed by atoms with Crippen LogP contribution in [0.5, 0.6) is 0 Å². The number of nitrogens with one attached hydrogen (secondary N) is 1. The maximum Gasteiger partial charge on any atom is 0.280 e. The second-order valence-corrected chi connectivity index (χ2v) is 4.33. The van der Waals surface area contributed by atoms with Crippen molar-refractivity contribution in [1.82, 2.24) is 30.5 Å². The van der Waals surface area contributed by atoms with Gasteiger partial charge in [0.1, 0.15) is 0 Å². The van der Waals surface area contributed by atoms with Crippen LogP contribution in [0.4, 0.5) is 0 Å². The molecule has 2 aromatic heterocycles. The third-order valence-electron chi connectivity index (χ3n) is 2.97. The van der Waals surface area contributed by atoms with Crippen LogP contribution in [0, 0.1) is 0 Å². The molecule has 3 heterocycles. The van der Waals surface area contributed by atoms with Crippen LogP contribution >= 0.6 is 0 Å². The molecule has 0 aliphatic carbocycles. The summed E-state index contributed by atoms with van der Waals surface area (Å²) in [6.45, 7) is 3.91. The molecule has 2 aromatic rings. The molecule has 1 aliphatic rings. The summed E-state index contributed by atoms with van der Waals surface area (Å²) in [7, 11) is 0. The number of rotatable bonds is 4. The first kappa shape index (κ1) is 12.2. The Balaban J connectivity index is 1.65. The zero-order chi connectivity index (χ0) is 13.1. The minimum absolute atomic E-state index is 0.289. The predicted molar refractivity (Wildman–Crippen MR) is 63.9 cm³/mol. The van der Waals surface area contributed by atoms with E-state index < -0.39 is 0 Å². The van der Waals surface area contributed by atoms with E-state index in [0.717, 1.165) is 26.3 Å². The molecule has 3 N–H and O–H groups in total. The number of aromatic amines is 1. The summed E-state index contributed by atoms with van der Waals surface area (Å²) in [4.78, 5) is 6.46. The van der Waals surface area contributed by atoms with Crippen molar-refractivity contribution in [1.29, 1.82) is 0 Å². The zero-order valence-electron chi connectivity index (χ0n) is 10.3. The molecule has 0 spiro atoms. The molecule has 9 heteroatoms. The Morgan fingerprint density at radius 1 is 1.42 bits per heavy atom. The molecular formula is C10H15N7O2. The Kier molecular flexibility index (Phi) is 3.49. The normalized spacial score (nSPS) is 18.6. The lowest BCUT2D eigenvalue weighted by atomic mass is 10.2. The van der Waals surface area contributed by atoms with Gasteiger partial charge in [0.05, 0.1) is 25.5 Å². The van der Waals surface area contributed by atoms with Crippen molar-refractivity contribution in [3.05, 3.63) is 12.0 Å². The first-order chi connectivity index (χ1) is 9.33. The van der Waals surface area contributed by atoms with Crippen LogP contribution in [0.1, 0.15) is 11.9 Å². The van der Waals surface area contributed by atoms with E-state index in [-0.39, 0.29) is 6.04 Å². The molecule has 19 heavy (non-hydrogen) atoms. The topological polar surface area (TPSA) is 119 Å². The fraction of sp³-hybridized carbons (Fsp3) is 0.600. The van der Waals surface area contributed by atoms with Crippen LogP contribution in [-0.2, 0) is 4.74 Å². The quantitative estimate of drug-likeness (QED) is 0.736. The van der Waals surface area contributed by atoms with Gasteiger partial charge in [0.15, 0.2) is 11.5 Å². The van der Waals surface area contributed by atoms with Crippen molar-refractivity contribution in [2.45, 2.75) is 6.04 Å². The number of H-pyrrole nitrogens is 1. The number of nitrogens with two attached hydrogens (primary N) is 1. The Hall–Kier alpha value is -1.84. The van der Waals surface area contributed by atoms with E-state index >= 15 is 0 Å². The molecule has 0 radical (unpaired) electrons. The van der Waals surface area contributed by atoms with Crippen molar-refractivity contribution >= 4 is 0 Å². The van der Waals surface area contributed by atoms with Gasteiger partial charge in [-0.25, -0.2) is 0 Å². The predicted octanol–water partition coefficient (Wildman–Crippen LogP) is -0.813. The number of aromatic nitrogens is 5. The standard InChI is InChI=1S/C10H15N7O2/c11-7(6-17-1-3-18-4-2-17)9-13-10(19-15-9)8-5-12-16-14-8/h5,7H,1-4,6,11H2,(H,12,14,16). The third-order valence-corrected chi connectivity index (χ3v) is 2.97. The zero-order valence-corrected chi connectivity index (χ0v) is 10.3. The van der Waals surface area contributed by atoms with Crippen molar-refractivity contribution in [2.24, 2.45) is 5.73 Å². The van der Waals surface area contributed by atoms with Crippen LogP contribution in [0.25, 0.3) is 11.6 Å². The van der Waals surface area contributed by atoms with E-state index in [4.69, 9.17) is 15.0 Å². The summed E-state index contributed by atoms with van der Waals surface area (Å²) in [6.07, 6.45) is 1.52. The van der Waals surface area contributed by atoms with Crippen LogP contribution in [0.3, 0.4) is 0 Å². The van der Waals surface area contributed by atoms with E-state index in [9.17, 15) is 0 Å². The van der Waals surface area contributed by atoms with Crippen molar-refractivity contribution in [2.75, 3.05) is 32.8 Å². The van der Waals surface area contributed by atoms with E-state index in [1.807, 2.05) is 0 Å². The van der Waals surface area contributed by atoms with Gasteiger partial charge in [0, 0.05) is 19.6 Å². The second kappa shape index (κ2) is 5.43. The molecule has 1 atom stereocenters. The van der Waals surface area contributed by atoms with E-state index in [2.05, 4.69) is 30.5 Å². The molecular weight excluding hydrogens is 250 g/mol. The lowest BCUT2D eigenvalue weighted by molar-refractivity contribution is 0.0348. The van der Waals surface area contributed by atoms with Gasteiger partial charge in [-0.05, 0) is 0 Å². The maximum atomic E-state index is 6.08. The molecule has 1 saturated heterocycles. The first-order valence-electron chi connectivity index (χ1n) is 6.08. The highest BCUT2D eigenvalue weighted by Gasteiger charge is 2.20. The Bertz CT molecular complexity index is 506. The number of morpholine rings is 1. The summed E-state index contributed by atoms with van der Waals surface area (Å²) < 4.78 is 10.4. The summed E-state index contributed by atoms with van der Waals surface area (Å²) in [6, 6.07) is -0.289. The SMILES string of the molecule is NC(CN1CCOCC1)c1noc(-c2cn[nH]n2)n1. The van der Waals surface area contributed by atoms with Crippen LogP contribution < -0.4 is 5.73 Å². The minimum Gasteiger partial charge on any atom is -0.379 e. The number of nitrogens with zero attached hydrogens (tertiary/aromatic N) is 5. The van der Waals surface area contributed by atoms with Gasteiger partial charge in [0.2, 0.25) is 0 Å². The summed E-state index contributed by atoms with van der Waals surface area (Å²) in [5, 5.41) is 13.9. The molecule has 0 bridgehead atoms. The molecule has 3 rings (SSSR count). The smallest absolute Gasteiger partial charge is 0.280 e. The fourth-order valence-electron chi connectivity index (χ4n) is 1.94. The highest BCUT2D eigenvalue weighted by molar-refractivity contribution is 5.42. The minimum atomic E-state index is -0.289. The summed E-state index contributed by atoms with van der Waals surface area (Å²) in [5.41, 5.74) is 6.59. The molecule has 0 amide bonds. The van der Waals surface area contributed by atoms with Gasteiger partial charge in [-0.15, -0.1) is 0 Å². The van der Waals surface area contributed by atoms with E-state index in [1.165, 1.54) is 6.20 Å². The van der Waals surface area contributed by atoms with Gasteiger partial charge < -0.3 is 15.0 Å². The molecule has 0 aromatic carbocycles. The molecule has 1 fully saturated rings. The highest BCUT2D eigenvalue weighted by Crippen LogP contribution is 2.15. The monoisotopic (exact) mass is 265 g/mol. The van der Waals surface area contributed by atoms with Gasteiger partial charge in [-0.1, -0.05) is 5.16 Å². The Morgan fingerprint density at radius 2 is 2.26 bits per heavy atom. The average Bonchev–Trinajstić information content (AvgIpc) is 3.11. The lowest BCUT2D eigenvalue weighted by Gasteiger charge is -2.27. The van der Waals surface area contributed by atoms with Crippen LogP contribution in [0.2, 0.25) is 0 Å². The number of ether oxygens (including phenoxy) is 1. The van der Waals surface area contributed by atoms with E-state index in [0.29, 0.717) is 24.0 Å². The molecule has 0 saturated carbocycles. The maximum absolute atomic E-state index is 6.08. The van der Waals surface area contributed by atoms with Gasteiger partial charge in [-0.3, -0.25) is 4.90 Å². The van der Waals surface area contributed by atoms with Gasteiger partial charge >= 0.3 is 0 Å². The molecule has 1 unspecified atom stereocenters. The van der Waals surface area contributed by atoms with Gasteiger partial charge in [0.25, 0.3) is 5.89 Å². The van der Waals surface area contributed by atoms with Crippen molar-refractivity contribution in [3.8, 4) is 11.6 Å². The summed E-state index contributed by atoms with van der Waals surface area (Å²) in [5.74, 6) is 0.797. The van der Waals surface area contributed by atoms with Crippen LogP contribution in [-0.4, -0.2) is 63.3 Å². The largest absolute Gasteiger partial charge is 0.379 e. The first-order valence-corrected chi connectivity index (χ1v) is 6.08. The molecule has 1 aliphatic heterocycles. The van der Waals surface area contributed by atoms with E-state index in [1.54, 1.807) is 0 Å². The summed E-state index contributed by atoms with van der Waals surface area (Å²) >= 11 is 0. The number of hydrogen-bond acceptors (Lipinski definition) is 8. The fourth-order valence-corrected chi connectivity index (χ4v) is 1.94. The highest BCUT2D eigenvalue weighted by atomic mass is 16.5.